The molecule has 1 heterocycles. The van der Waals surface area contributed by atoms with E-state index in [1.807, 2.05) is 6.92 Å². The van der Waals surface area contributed by atoms with Crippen molar-refractivity contribution in [3.63, 3.8) is 0 Å². The molecule has 15 heavy (non-hydrogen) atoms. The molecule has 0 aromatic rings. The predicted octanol–water partition coefficient (Wildman–Crippen LogP) is 3.87. The zero-order chi connectivity index (χ0) is 11.7. The van der Waals surface area contributed by atoms with Gasteiger partial charge in [0.05, 0.1) is 6.10 Å². The minimum Gasteiger partial charge on any atom is -0.393 e. The maximum Gasteiger partial charge on any atom is 0.0571 e. The Morgan fingerprint density at radius 1 is 1.47 bits per heavy atom. The van der Waals surface area contributed by atoms with Crippen LogP contribution in [0.15, 0.2) is 12.7 Å². The largest absolute Gasteiger partial charge is 0.393 e. The van der Waals surface area contributed by atoms with Gasteiger partial charge in [-0.1, -0.05) is 26.8 Å². The number of aliphatic hydroxyl groups is 1. The van der Waals surface area contributed by atoms with Crippen molar-refractivity contribution in [2.45, 2.75) is 57.8 Å². The van der Waals surface area contributed by atoms with Crippen LogP contribution in [0.5, 0.6) is 0 Å². The summed E-state index contributed by atoms with van der Waals surface area (Å²) in [6.07, 6.45) is 5.99. The molecule has 90 valence electrons. The summed E-state index contributed by atoms with van der Waals surface area (Å²) in [6.45, 7) is 10.1. The maximum absolute atomic E-state index is 8.79. The molecule has 0 aliphatic carbocycles. The molecule has 1 N–H and O–H groups in total. The first-order valence-corrected chi connectivity index (χ1v) is 7.05. The molecular formula is C13H26OS. The van der Waals surface area contributed by atoms with Crippen molar-refractivity contribution < 1.29 is 5.11 Å². The summed E-state index contributed by atoms with van der Waals surface area (Å²) in [6, 6.07) is 0. The molecule has 1 nitrogen and oxygen atoms in total. The lowest BCUT2D eigenvalue weighted by atomic mass is 10.1. The molecule has 0 saturated carbocycles. The Labute approximate surface area is 99.3 Å². The van der Waals surface area contributed by atoms with Crippen LogP contribution in [0, 0.1) is 5.92 Å². The SMILES string of the molecule is C=CCC(O)CC.CC1CC[C@@H](C)SC1. The van der Waals surface area contributed by atoms with E-state index in [0.29, 0.717) is 0 Å². The highest BCUT2D eigenvalue weighted by atomic mass is 32.2. The molecule has 0 amide bonds. The Morgan fingerprint density at radius 3 is 2.40 bits per heavy atom. The Kier molecular flexibility index (Phi) is 9.32. The molecule has 0 aromatic heterocycles. The Morgan fingerprint density at radius 2 is 2.13 bits per heavy atom. The van der Waals surface area contributed by atoms with Crippen LogP contribution in [0.3, 0.4) is 0 Å². The van der Waals surface area contributed by atoms with Gasteiger partial charge < -0.3 is 5.11 Å². The highest BCUT2D eigenvalue weighted by Gasteiger charge is 2.13. The van der Waals surface area contributed by atoms with E-state index < -0.39 is 0 Å². The summed E-state index contributed by atoms with van der Waals surface area (Å²) >= 11 is 2.13. The second-order valence-electron chi connectivity index (χ2n) is 4.41. The van der Waals surface area contributed by atoms with Crippen molar-refractivity contribution in [1.29, 1.82) is 0 Å². The van der Waals surface area contributed by atoms with E-state index in [4.69, 9.17) is 5.11 Å². The number of aliphatic hydroxyl groups excluding tert-OH is 1. The molecule has 1 fully saturated rings. The van der Waals surface area contributed by atoms with Gasteiger partial charge >= 0.3 is 0 Å². The number of rotatable bonds is 3. The average Bonchev–Trinajstić information content (AvgIpc) is 2.24. The lowest BCUT2D eigenvalue weighted by Crippen LogP contribution is -2.12. The van der Waals surface area contributed by atoms with Crippen LogP contribution in [-0.2, 0) is 0 Å². The van der Waals surface area contributed by atoms with Gasteiger partial charge in [-0.3, -0.25) is 0 Å². The molecule has 1 saturated heterocycles. The molecule has 1 aliphatic rings. The van der Waals surface area contributed by atoms with Crippen LogP contribution in [0.4, 0.5) is 0 Å². The van der Waals surface area contributed by atoms with Crippen LogP contribution in [0.2, 0.25) is 0 Å². The van der Waals surface area contributed by atoms with E-state index in [-0.39, 0.29) is 6.10 Å². The predicted molar refractivity (Wildman–Crippen MR) is 71.4 cm³/mol. The topological polar surface area (TPSA) is 20.2 Å². The summed E-state index contributed by atoms with van der Waals surface area (Å²) in [7, 11) is 0. The first-order chi connectivity index (χ1) is 7.10. The number of hydrogen-bond donors (Lipinski definition) is 1. The summed E-state index contributed by atoms with van der Waals surface area (Å²) in [4.78, 5) is 0. The van der Waals surface area contributed by atoms with Crippen LogP contribution in [-0.4, -0.2) is 22.2 Å². The fourth-order valence-corrected chi connectivity index (χ4v) is 2.50. The van der Waals surface area contributed by atoms with Gasteiger partial charge in [-0.15, -0.1) is 6.58 Å². The lowest BCUT2D eigenvalue weighted by molar-refractivity contribution is 0.174. The van der Waals surface area contributed by atoms with Gasteiger partial charge in [0.1, 0.15) is 0 Å². The van der Waals surface area contributed by atoms with Crippen LogP contribution in [0.1, 0.15) is 46.5 Å². The minimum absolute atomic E-state index is 0.169. The van der Waals surface area contributed by atoms with Crippen molar-refractivity contribution >= 4 is 11.8 Å². The van der Waals surface area contributed by atoms with Gasteiger partial charge in [-0.05, 0) is 37.4 Å². The van der Waals surface area contributed by atoms with Crippen LogP contribution >= 0.6 is 11.8 Å². The van der Waals surface area contributed by atoms with Crippen molar-refractivity contribution in [2.24, 2.45) is 5.92 Å². The molecule has 0 radical (unpaired) electrons. The van der Waals surface area contributed by atoms with Crippen LogP contribution in [0.25, 0.3) is 0 Å². The van der Waals surface area contributed by atoms with E-state index in [1.165, 1.54) is 18.6 Å². The molecule has 1 rings (SSSR count). The monoisotopic (exact) mass is 230 g/mol. The van der Waals surface area contributed by atoms with Crippen molar-refractivity contribution in [3.05, 3.63) is 12.7 Å². The zero-order valence-electron chi connectivity index (χ0n) is 10.4. The smallest absolute Gasteiger partial charge is 0.0571 e. The molecule has 3 atom stereocenters. The van der Waals surface area contributed by atoms with Gasteiger partial charge in [0.25, 0.3) is 0 Å². The second kappa shape index (κ2) is 9.29. The highest BCUT2D eigenvalue weighted by Crippen LogP contribution is 2.27. The summed E-state index contributed by atoms with van der Waals surface area (Å²) in [5.74, 6) is 2.37. The number of thioether (sulfide) groups is 1. The van der Waals surface area contributed by atoms with Gasteiger partial charge in [0.15, 0.2) is 0 Å². The quantitative estimate of drug-likeness (QED) is 0.743. The molecule has 1 aliphatic heterocycles. The fourth-order valence-electron chi connectivity index (χ4n) is 1.37. The lowest BCUT2D eigenvalue weighted by Gasteiger charge is -2.22. The van der Waals surface area contributed by atoms with E-state index in [2.05, 4.69) is 32.2 Å². The molecular weight excluding hydrogens is 204 g/mol. The first kappa shape index (κ1) is 15.0. The summed E-state index contributed by atoms with van der Waals surface area (Å²) in [5, 5.41) is 9.72. The van der Waals surface area contributed by atoms with Crippen molar-refractivity contribution in [2.75, 3.05) is 5.75 Å². The van der Waals surface area contributed by atoms with Gasteiger partial charge in [0, 0.05) is 5.25 Å². The first-order valence-electron chi connectivity index (χ1n) is 6.00. The Hall–Kier alpha value is 0.0500. The van der Waals surface area contributed by atoms with Crippen molar-refractivity contribution in [1.82, 2.24) is 0 Å². The summed E-state index contributed by atoms with van der Waals surface area (Å²) in [5.41, 5.74) is 0. The van der Waals surface area contributed by atoms with Crippen molar-refractivity contribution in [3.8, 4) is 0 Å². The Bertz CT molecular complexity index is 141. The number of hydrogen-bond acceptors (Lipinski definition) is 2. The summed E-state index contributed by atoms with van der Waals surface area (Å²) < 4.78 is 0. The standard InChI is InChI=1S/C7H14S.C6H12O/c1-6-3-4-7(2)8-5-6;1-3-5-6(7)4-2/h6-7H,3-5H2,1-2H3;3,6-7H,1,4-5H2,2H3/t6?,7-;/m1./s1. The average molecular weight is 230 g/mol. The van der Waals surface area contributed by atoms with Gasteiger partial charge in [0.2, 0.25) is 0 Å². The zero-order valence-corrected chi connectivity index (χ0v) is 11.2. The van der Waals surface area contributed by atoms with E-state index in [0.717, 1.165) is 24.0 Å². The molecule has 2 heteroatoms. The Balaban J connectivity index is 0.000000265. The third-order valence-electron chi connectivity index (χ3n) is 2.64. The van der Waals surface area contributed by atoms with Gasteiger partial charge in [-0.25, -0.2) is 0 Å². The van der Waals surface area contributed by atoms with E-state index in [9.17, 15) is 0 Å². The van der Waals surface area contributed by atoms with E-state index in [1.54, 1.807) is 6.08 Å². The third kappa shape index (κ3) is 9.01. The second-order valence-corrected chi connectivity index (χ2v) is 5.88. The fraction of sp³-hybridized carbons (Fsp3) is 0.846. The van der Waals surface area contributed by atoms with E-state index >= 15 is 0 Å². The highest BCUT2D eigenvalue weighted by molar-refractivity contribution is 7.99. The van der Waals surface area contributed by atoms with Crippen LogP contribution < -0.4 is 0 Å². The molecule has 0 spiro atoms. The molecule has 0 aromatic carbocycles. The normalized spacial score (nSPS) is 27.5. The minimum atomic E-state index is -0.169. The third-order valence-corrected chi connectivity index (χ3v) is 4.21. The molecule has 0 bridgehead atoms. The molecule has 2 unspecified atom stereocenters. The maximum atomic E-state index is 8.79. The van der Waals surface area contributed by atoms with Gasteiger partial charge in [-0.2, -0.15) is 11.8 Å².